The van der Waals surface area contributed by atoms with Gasteiger partial charge in [-0.05, 0) is 73.7 Å². The Balaban J connectivity index is 1.30. The number of amides is 1. The molecule has 0 aliphatic carbocycles. The number of pyridine rings is 2. The predicted octanol–water partition coefficient (Wildman–Crippen LogP) is 6.82. The molecule has 35 heavy (non-hydrogen) atoms. The maximum Gasteiger partial charge on any atom is 0.255 e. The van der Waals surface area contributed by atoms with E-state index in [0.29, 0.717) is 11.3 Å². The first-order valence-electron chi connectivity index (χ1n) is 11.1. The van der Waals surface area contributed by atoms with Gasteiger partial charge in [0.2, 0.25) is 0 Å². The Kier molecular flexibility index (Phi) is 6.05. The first-order chi connectivity index (χ1) is 17.1. The lowest BCUT2D eigenvalue weighted by atomic mass is 10.1. The molecular formula is C28H22FN5O. The number of rotatable bonds is 6. The van der Waals surface area contributed by atoms with Gasteiger partial charge in [0.1, 0.15) is 0 Å². The molecule has 3 N–H and O–H groups in total. The number of nitrogens with one attached hydrogen (secondary N) is 3. The fraction of sp³-hybridized carbons (Fsp3) is 0.0357. The van der Waals surface area contributed by atoms with Gasteiger partial charge in [-0.15, -0.1) is 0 Å². The first kappa shape index (κ1) is 22.0. The number of hydrogen-bond donors (Lipinski definition) is 3. The van der Waals surface area contributed by atoms with Crippen LogP contribution in [0.25, 0.3) is 10.9 Å². The number of carbonyl (C=O) groups excluding carboxylic acids is 1. The molecule has 0 aliphatic heterocycles. The fourth-order valence-electron chi connectivity index (χ4n) is 3.74. The van der Waals surface area contributed by atoms with Gasteiger partial charge < -0.3 is 16.0 Å². The van der Waals surface area contributed by atoms with Crippen LogP contribution in [0.1, 0.15) is 15.9 Å². The van der Waals surface area contributed by atoms with Gasteiger partial charge in [-0.3, -0.25) is 14.8 Å². The SMILES string of the molecule is Cc1ccc2nccc(Nc3ccc(C(=O)Nc4cccc(Nc5ccncc5)c4F)cc3)c2c1. The standard InChI is InChI=1S/C28H22FN5O/c1-18-5-10-23-22(17-18)24(13-16-31-23)32-20-8-6-19(7-9-20)28(35)34-26-4-2-3-25(27(26)29)33-21-11-14-30-15-12-21/h2-17H,1H3,(H,30,33)(H,31,32)(H,34,35). The number of anilines is 5. The lowest BCUT2D eigenvalue weighted by Gasteiger charge is -2.13. The zero-order valence-corrected chi connectivity index (χ0v) is 18.9. The van der Waals surface area contributed by atoms with E-state index in [0.717, 1.165) is 27.8 Å². The molecular weight excluding hydrogens is 441 g/mol. The summed E-state index contributed by atoms with van der Waals surface area (Å²) in [6.45, 7) is 2.04. The summed E-state index contributed by atoms with van der Waals surface area (Å²) in [6.07, 6.45) is 4.99. The zero-order valence-electron chi connectivity index (χ0n) is 18.9. The van der Waals surface area contributed by atoms with Crippen LogP contribution < -0.4 is 16.0 Å². The largest absolute Gasteiger partial charge is 0.355 e. The Bertz CT molecular complexity index is 1500. The molecule has 1 amide bonds. The minimum Gasteiger partial charge on any atom is -0.355 e. The predicted molar refractivity (Wildman–Crippen MR) is 138 cm³/mol. The number of halogens is 1. The lowest BCUT2D eigenvalue weighted by Crippen LogP contribution is -2.13. The summed E-state index contributed by atoms with van der Waals surface area (Å²) in [7, 11) is 0. The quantitative estimate of drug-likeness (QED) is 0.258. The van der Waals surface area contributed by atoms with Crippen molar-refractivity contribution in [3.63, 3.8) is 0 Å². The van der Waals surface area contributed by atoms with Crippen molar-refractivity contribution in [2.45, 2.75) is 6.92 Å². The van der Waals surface area contributed by atoms with Gasteiger partial charge in [-0.1, -0.05) is 17.7 Å². The van der Waals surface area contributed by atoms with Crippen molar-refractivity contribution < 1.29 is 9.18 Å². The molecule has 2 heterocycles. The molecule has 0 aliphatic rings. The Morgan fingerprint density at radius 1 is 0.771 bits per heavy atom. The molecule has 3 aromatic carbocycles. The summed E-state index contributed by atoms with van der Waals surface area (Å²) >= 11 is 0. The van der Waals surface area contributed by atoms with E-state index < -0.39 is 11.7 Å². The van der Waals surface area contributed by atoms with Crippen LogP contribution in [0.15, 0.2) is 97.5 Å². The number of nitrogens with zero attached hydrogens (tertiary/aromatic N) is 2. The minimum atomic E-state index is -0.546. The molecule has 2 aromatic heterocycles. The van der Waals surface area contributed by atoms with E-state index in [1.54, 1.807) is 55.0 Å². The van der Waals surface area contributed by atoms with Crippen LogP contribution in [0.4, 0.5) is 32.8 Å². The number of aromatic nitrogens is 2. The molecule has 7 heteroatoms. The molecule has 0 unspecified atom stereocenters. The average molecular weight is 464 g/mol. The van der Waals surface area contributed by atoms with Crippen molar-refractivity contribution in [3.05, 3.63) is 114 Å². The highest BCUT2D eigenvalue weighted by atomic mass is 19.1. The van der Waals surface area contributed by atoms with E-state index >= 15 is 0 Å². The number of benzene rings is 3. The molecule has 0 saturated carbocycles. The zero-order chi connectivity index (χ0) is 24.2. The second-order valence-corrected chi connectivity index (χ2v) is 8.06. The summed E-state index contributed by atoms with van der Waals surface area (Å²) in [4.78, 5) is 21.1. The van der Waals surface area contributed by atoms with Crippen molar-refractivity contribution in [1.82, 2.24) is 9.97 Å². The Hall–Kier alpha value is -4.78. The first-order valence-corrected chi connectivity index (χ1v) is 11.1. The van der Waals surface area contributed by atoms with Crippen LogP contribution in [0.5, 0.6) is 0 Å². The van der Waals surface area contributed by atoms with Crippen LogP contribution >= 0.6 is 0 Å². The molecule has 0 fully saturated rings. The van der Waals surface area contributed by atoms with Crippen molar-refractivity contribution in [2.75, 3.05) is 16.0 Å². The van der Waals surface area contributed by atoms with Crippen LogP contribution in [-0.4, -0.2) is 15.9 Å². The third-order valence-corrected chi connectivity index (χ3v) is 5.53. The third kappa shape index (κ3) is 4.94. The van der Waals surface area contributed by atoms with Crippen LogP contribution in [0.3, 0.4) is 0 Å². The number of carbonyl (C=O) groups is 1. The fourth-order valence-corrected chi connectivity index (χ4v) is 3.74. The highest BCUT2D eigenvalue weighted by Gasteiger charge is 2.13. The van der Waals surface area contributed by atoms with E-state index in [-0.39, 0.29) is 11.4 Å². The second-order valence-electron chi connectivity index (χ2n) is 8.06. The Morgan fingerprint density at radius 2 is 1.49 bits per heavy atom. The van der Waals surface area contributed by atoms with E-state index in [9.17, 15) is 9.18 Å². The second kappa shape index (κ2) is 9.61. The molecule has 0 bridgehead atoms. The van der Waals surface area contributed by atoms with Gasteiger partial charge in [0, 0.05) is 46.6 Å². The number of hydrogen-bond acceptors (Lipinski definition) is 5. The summed E-state index contributed by atoms with van der Waals surface area (Å²) in [5.41, 5.74) is 5.26. The van der Waals surface area contributed by atoms with Gasteiger partial charge in [-0.25, -0.2) is 4.39 Å². The molecule has 0 atom stereocenters. The van der Waals surface area contributed by atoms with Gasteiger partial charge in [0.25, 0.3) is 5.91 Å². The van der Waals surface area contributed by atoms with Crippen LogP contribution in [0, 0.1) is 12.7 Å². The highest BCUT2D eigenvalue weighted by molar-refractivity contribution is 6.05. The molecule has 0 spiro atoms. The molecule has 0 radical (unpaired) electrons. The molecule has 6 nitrogen and oxygen atoms in total. The summed E-state index contributed by atoms with van der Waals surface area (Å²) in [6, 6.07) is 23.3. The molecule has 172 valence electrons. The van der Waals surface area contributed by atoms with E-state index in [2.05, 4.69) is 32.0 Å². The van der Waals surface area contributed by atoms with E-state index in [4.69, 9.17) is 0 Å². The third-order valence-electron chi connectivity index (χ3n) is 5.53. The topological polar surface area (TPSA) is 78.9 Å². The minimum absolute atomic E-state index is 0.0925. The van der Waals surface area contributed by atoms with Gasteiger partial charge in [0.15, 0.2) is 5.82 Å². The van der Waals surface area contributed by atoms with Crippen molar-refractivity contribution in [3.8, 4) is 0 Å². The van der Waals surface area contributed by atoms with E-state index in [1.807, 2.05) is 37.3 Å². The van der Waals surface area contributed by atoms with Gasteiger partial charge >= 0.3 is 0 Å². The van der Waals surface area contributed by atoms with E-state index in [1.165, 1.54) is 6.07 Å². The Labute approximate surface area is 201 Å². The van der Waals surface area contributed by atoms with Crippen molar-refractivity contribution in [1.29, 1.82) is 0 Å². The monoisotopic (exact) mass is 463 g/mol. The van der Waals surface area contributed by atoms with Crippen molar-refractivity contribution in [2.24, 2.45) is 0 Å². The normalized spacial score (nSPS) is 10.7. The summed E-state index contributed by atoms with van der Waals surface area (Å²) < 4.78 is 15.0. The summed E-state index contributed by atoms with van der Waals surface area (Å²) in [5, 5.41) is 10.1. The highest BCUT2D eigenvalue weighted by Crippen LogP contribution is 2.28. The number of fused-ring (bicyclic) bond motifs is 1. The van der Waals surface area contributed by atoms with Gasteiger partial charge in [-0.2, -0.15) is 0 Å². The maximum atomic E-state index is 15.0. The molecule has 5 aromatic rings. The van der Waals surface area contributed by atoms with Crippen LogP contribution in [0.2, 0.25) is 0 Å². The maximum absolute atomic E-state index is 15.0. The average Bonchev–Trinajstić information content (AvgIpc) is 2.88. The number of aryl methyl sites for hydroxylation is 1. The van der Waals surface area contributed by atoms with Gasteiger partial charge in [0.05, 0.1) is 16.9 Å². The Morgan fingerprint density at radius 3 is 2.29 bits per heavy atom. The lowest BCUT2D eigenvalue weighted by molar-refractivity contribution is 0.102. The van der Waals surface area contributed by atoms with Crippen LogP contribution in [-0.2, 0) is 0 Å². The smallest absolute Gasteiger partial charge is 0.255 e. The van der Waals surface area contributed by atoms with Crippen molar-refractivity contribution >= 4 is 45.2 Å². The molecule has 0 saturated heterocycles. The summed E-state index contributed by atoms with van der Waals surface area (Å²) in [5.74, 6) is -0.947. The molecule has 5 rings (SSSR count).